The molecular formula is C31H55F2N7O2. The highest BCUT2D eigenvalue weighted by atomic mass is 19.1. The number of rotatable bonds is 8. The molecule has 0 aromatic rings. The van der Waals surface area contributed by atoms with Gasteiger partial charge >= 0.3 is 0 Å². The molecule has 4 heterocycles. The van der Waals surface area contributed by atoms with Crippen LogP contribution in [0.3, 0.4) is 0 Å². The summed E-state index contributed by atoms with van der Waals surface area (Å²) in [6.07, 6.45) is 7.40. The zero-order chi connectivity index (χ0) is 29.9. The maximum absolute atomic E-state index is 17.4. The van der Waals surface area contributed by atoms with Crippen LogP contribution in [0, 0.1) is 17.3 Å². The quantitative estimate of drug-likeness (QED) is 0.317. The van der Waals surface area contributed by atoms with E-state index >= 15 is 4.39 Å². The zero-order valence-corrected chi connectivity index (χ0v) is 25.8. The number of halogens is 2. The number of ether oxygens (including phenoxy) is 1. The Hall–Kier alpha value is -1.24. The Bertz CT molecular complexity index is 923. The number of amides is 1. The van der Waals surface area contributed by atoms with Gasteiger partial charge in [0.1, 0.15) is 6.17 Å². The largest absolute Gasteiger partial charge is 0.380 e. The normalized spacial score (nSPS) is 40.2. The smallest absolute Gasteiger partial charge is 0.228 e. The molecule has 0 bridgehead atoms. The van der Waals surface area contributed by atoms with Crippen LogP contribution < -0.4 is 22.1 Å². The van der Waals surface area contributed by atoms with Gasteiger partial charge in [-0.25, -0.2) is 8.78 Å². The minimum atomic E-state index is -1.52. The SMILES string of the molecule is CCC1(C)CCC(F)CNC(C(C(=O)NC2C=NCC(F)(C3CCCC3)C2N2CCN([C@H]3CCOC3)CC2)C(N)N)C1. The van der Waals surface area contributed by atoms with Gasteiger partial charge in [-0.1, -0.05) is 33.1 Å². The second-order valence-electron chi connectivity index (χ2n) is 14.1. The second-order valence-corrected chi connectivity index (χ2v) is 14.1. The molecule has 1 amide bonds. The van der Waals surface area contributed by atoms with Crippen LogP contribution in [0.25, 0.3) is 0 Å². The Morgan fingerprint density at radius 3 is 2.52 bits per heavy atom. The van der Waals surface area contributed by atoms with Gasteiger partial charge in [-0.15, -0.1) is 0 Å². The highest BCUT2D eigenvalue weighted by Gasteiger charge is 2.54. The number of hydrogen-bond acceptors (Lipinski definition) is 8. The Kier molecular flexibility index (Phi) is 10.6. The summed E-state index contributed by atoms with van der Waals surface area (Å²) in [6.45, 7) is 9.29. The summed E-state index contributed by atoms with van der Waals surface area (Å²) in [5.74, 6) is -1.17. The van der Waals surface area contributed by atoms with E-state index in [-0.39, 0.29) is 36.4 Å². The van der Waals surface area contributed by atoms with Gasteiger partial charge in [0.15, 0.2) is 5.67 Å². The molecule has 42 heavy (non-hydrogen) atoms. The lowest BCUT2D eigenvalue weighted by molar-refractivity contribution is -0.129. The van der Waals surface area contributed by atoms with Gasteiger partial charge in [-0.3, -0.25) is 19.6 Å². The molecule has 0 spiro atoms. The van der Waals surface area contributed by atoms with Gasteiger partial charge in [0.25, 0.3) is 0 Å². The fourth-order valence-corrected chi connectivity index (χ4v) is 8.45. The Morgan fingerprint density at radius 1 is 1.17 bits per heavy atom. The van der Waals surface area contributed by atoms with Crippen LogP contribution in [0.15, 0.2) is 4.99 Å². The highest BCUT2D eigenvalue weighted by molar-refractivity contribution is 5.84. The van der Waals surface area contributed by atoms with Crippen molar-refractivity contribution < 1.29 is 18.3 Å². The molecule has 0 radical (unpaired) electrons. The topological polar surface area (TPSA) is 121 Å². The van der Waals surface area contributed by atoms with Gasteiger partial charge in [0, 0.05) is 57.6 Å². The van der Waals surface area contributed by atoms with Crippen molar-refractivity contribution in [2.24, 2.45) is 33.7 Å². The second kappa shape index (κ2) is 13.8. The predicted octanol–water partition coefficient (Wildman–Crippen LogP) is 1.99. The van der Waals surface area contributed by atoms with E-state index in [4.69, 9.17) is 16.2 Å². The molecule has 5 aliphatic rings. The molecule has 4 fully saturated rings. The van der Waals surface area contributed by atoms with Crippen LogP contribution in [-0.2, 0) is 9.53 Å². The third-order valence-corrected chi connectivity index (χ3v) is 11.3. The molecule has 7 unspecified atom stereocenters. The van der Waals surface area contributed by atoms with E-state index in [0.29, 0.717) is 18.9 Å². The van der Waals surface area contributed by atoms with Crippen LogP contribution in [0.4, 0.5) is 8.78 Å². The number of hydrogen-bond donors (Lipinski definition) is 4. The van der Waals surface area contributed by atoms with Gasteiger partial charge in [-0.05, 0) is 49.9 Å². The summed E-state index contributed by atoms with van der Waals surface area (Å²) in [5.41, 5.74) is 10.9. The maximum Gasteiger partial charge on any atom is 0.228 e. The molecule has 240 valence electrons. The molecule has 11 heteroatoms. The number of piperazine rings is 1. The van der Waals surface area contributed by atoms with Crippen molar-refractivity contribution in [2.75, 3.05) is 52.5 Å². The van der Waals surface area contributed by atoms with Crippen LogP contribution in [0.5, 0.6) is 0 Å². The number of alkyl halides is 2. The fraction of sp³-hybridized carbons (Fsp3) is 0.935. The van der Waals surface area contributed by atoms with E-state index in [0.717, 1.165) is 84.3 Å². The molecular weight excluding hydrogens is 540 g/mol. The number of nitrogens with one attached hydrogen (secondary N) is 2. The first-order valence-electron chi connectivity index (χ1n) is 16.6. The van der Waals surface area contributed by atoms with Crippen molar-refractivity contribution in [1.82, 2.24) is 20.4 Å². The zero-order valence-electron chi connectivity index (χ0n) is 25.8. The van der Waals surface area contributed by atoms with Crippen molar-refractivity contribution in [3.05, 3.63) is 0 Å². The molecule has 5 rings (SSSR count). The summed E-state index contributed by atoms with van der Waals surface area (Å²) in [4.78, 5) is 23.3. The van der Waals surface area contributed by atoms with Crippen LogP contribution in [-0.4, -0.2) is 117 Å². The van der Waals surface area contributed by atoms with E-state index in [1.165, 1.54) is 0 Å². The van der Waals surface area contributed by atoms with Crippen molar-refractivity contribution in [1.29, 1.82) is 0 Å². The predicted molar refractivity (Wildman–Crippen MR) is 162 cm³/mol. The Balaban J connectivity index is 1.36. The summed E-state index contributed by atoms with van der Waals surface area (Å²) < 4.78 is 37.6. The van der Waals surface area contributed by atoms with Crippen molar-refractivity contribution in [3.8, 4) is 0 Å². The monoisotopic (exact) mass is 595 g/mol. The van der Waals surface area contributed by atoms with Gasteiger partial charge in [-0.2, -0.15) is 0 Å². The van der Waals surface area contributed by atoms with Gasteiger partial charge < -0.3 is 26.8 Å². The first-order valence-corrected chi connectivity index (χ1v) is 16.6. The van der Waals surface area contributed by atoms with Crippen molar-refractivity contribution in [3.63, 3.8) is 0 Å². The molecule has 1 saturated carbocycles. The van der Waals surface area contributed by atoms with E-state index in [1.807, 2.05) is 0 Å². The number of carbonyl (C=O) groups is 1. The third-order valence-electron chi connectivity index (χ3n) is 11.3. The third kappa shape index (κ3) is 7.01. The molecule has 0 aromatic carbocycles. The van der Waals surface area contributed by atoms with Crippen LogP contribution >= 0.6 is 0 Å². The summed E-state index contributed by atoms with van der Waals surface area (Å²) >= 11 is 0. The number of carbonyl (C=O) groups excluding carboxylic acids is 1. The molecule has 4 aliphatic heterocycles. The minimum Gasteiger partial charge on any atom is -0.380 e. The molecule has 0 aromatic heterocycles. The summed E-state index contributed by atoms with van der Waals surface area (Å²) in [7, 11) is 0. The lowest BCUT2D eigenvalue weighted by Crippen LogP contribution is -2.70. The van der Waals surface area contributed by atoms with E-state index < -0.39 is 36.0 Å². The number of aliphatic imine (C=N–C) groups is 1. The molecule has 1 aliphatic carbocycles. The van der Waals surface area contributed by atoms with Gasteiger partial charge in [0.2, 0.25) is 5.91 Å². The summed E-state index contributed by atoms with van der Waals surface area (Å²) in [6, 6.07) is -1.06. The minimum absolute atomic E-state index is 0.0767. The fourth-order valence-electron chi connectivity index (χ4n) is 8.45. The number of nitrogens with two attached hydrogens (primary N) is 2. The van der Waals surface area contributed by atoms with E-state index in [1.54, 1.807) is 6.21 Å². The molecule has 9 nitrogen and oxygen atoms in total. The standard InChI is InChI=1S/C31H55F2N7O2/c1-3-30(2)10-8-22(32)17-37-24(16-30)26(28(34)35)29(41)38-25-18-36-20-31(33,21-6-4-5-7-21)27(25)40-13-11-39(12-14-40)23-9-15-42-19-23/h18,21-28,37H,3-17,19-20,34-35H2,1-2H3,(H,38,41)/t22?,23-,24?,25?,26?,27?,30?,31?/m0/s1. The molecule has 8 atom stereocenters. The number of nitrogens with zero attached hydrogens (tertiary/aromatic N) is 3. The average Bonchev–Trinajstić information content (AvgIpc) is 3.70. The average molecular weight is 596 g/mol. The first kappa shape index (κ1) is 32.2. The first-order chi connectivity index (χ1) is 20.1. The maximum atomic E-state index is 17.4. The molecule has 6 N–H and O–H groups in total. The summed E-state index contributed by atoms with van der Waals surface area (Å²) in [5, 5.41) is 6.48. The highest BCUT2D eigenvalue weighted by Crippen LogP contribution is 2.43. The van der Waals surface area contributed by atoms with Crippen molar-refractivity contribution >= 4 is 12.1 Å². The lowest BCUT2D eigenvalue weighted by Gasteiger charge is -2.51. The lowest BCUT2D eigenvalue weighted by atomic mass is 9.72. The Labute approximate surface area is 250 Å². The molecule has 3 saturated heterocycles. The van der Waals surface area contributed by atoms with Gasteiger partial charge in [0.05, 0.1) is 37.3 Å². The Morgan fingerprint density at radius 2 is 1.88 bits per heavy atom. The van der Waals surface area contributed by atoms with E-state index in [9.17, 15) is 9.18 Å². The van der Waals surface area contributed by atoms with Crippen molar-refractivity contribution in [2.45, 2.75) is 114 Å². The van der Waals surface area contributed by atoms with Crippen LogP contribution in [0.1, 0.15) is 71.6 Å². The van der Waals surface area contributed by atoms with E-state index in [2.05, 4.69) is 39.3 Å². The van der Waals surface area contributed by atoms with Crippen LogP contribution in [0.2, 0.25) is 0 Å².